The number of benzene rings is 1. The number of hydrogen-bond donors (Lipinski definition) is 2. The van der Waals surface area contributed by atoms with E-state index in [-0.39, 0.29) is 11.9 Å². The second-order valence-electron chi connectivity index (χ2n) is 4.38. The molecule has 2 N–H and O–H groups in total. The van der Waals surface area contributed by atoms with Crippen LogP contribution in [-0.2, 0) is 4.79 Å². The van der Waals surface area contributed by atoms with E-state index in [0.717, 1.165) is 12.0 Å². The molecule has 0 aromatic heterocycles. The average Bonchev–Trinajstić information content (AvgIpc) is 2.30. The Bertz CT molecular complexity index is 337. The highest BCUT2D eigenvalue weighted by atomic mass is 16.3. The van der Waals surface area contributed by atoms with Gasteiger partial charge in [0.2, 0.25) is 5.91 Å². The van der Waals surface area contributed by atoms with E-state index >= 15 is 0 Å². The Labute approximate surface area is 103 Å². The highest BCUT2D eigenvalue weighted by Crippen LogP contribution is 2.17. The number of carbonyl (C=O) groups excluding carboxylic acids is 1. The largest absolute Gasteiger partial charge is 0.388 e. The quantitative estimate of drug-likeness (QED) is 0.795. The molecule has 0 heterocycles. The molecule has 1 aromatic carbocycles. The number of nitrogens with one attached hydrogen (secondary N) is 1. The molecular weight excluding hydrogens is 214 g/mol. The molecule has 0 saturated carbocycles. The minimum Gasteiger partial charge on any atom is -0.388 e. The molecule has 0 saturated heterocycles. The van der Waals surface area contributed by atoms with Crippen molar-refractivity contribution < 1.29 is 9.90 Å². The lowest BCUT2D eigenvalue weighted by molar-refractivity contribution is -0.121. The first-order chi connectivity index (χ1) is 8.13. The summed E-state index contributed by atoms with van der Waals surface area (Å²) in [6.45, 7) is 3.89. The summed E-state index contributed by atoms with van der Waals surface area (Å²) in [6.07, 6.45) is 1.42. The summed E-state index contributed by atoms with van der Waals surface area (Å²) in [5, 5.41) is 12.9. The topological polar surface area (TPSA) is 49.3 Å². The zero-order valence-electron chi connectivity index (χ0n) is 10.5. The Kier molecular flexibility index (Phi) is 5.70. The van der Waals surface area contributed by atoms with Gasteiger partial charge >= 0.3 is 0 Å². The summed E-state index contributed by atoms with van der Waals surface area (Å²) in [5.41, 5.74) is 0.893. The van der Waals surface area contributed by atoms with Crippen LogP contribution in [0.4, 0.5) is 0 Å². The van der Waals surface area contributed by atoms with E-state index in [9.17, 15) is 9.90 Å². The maximum Gasteiger partial charge on any atom is 0.220 e. The van der Waals surface area contributed by atoms with Crippen LogP contribution in [0.3, 0.4) is 0 Å². The second-order valence-corrected chi connectivity index (χ2v) is 4.38. The van der Waals surface area contributed by atoms with Crippen LogP contribution >= 0.6 is 0 Å². The number of aliphatic hydroxyl groups excluding tert-OH is 1. The highest BCUT2D eigenvalue weighted by molar-refractivity contribution is 5.76. The van der Waals surface area contributed by atoms with Crippen molar-refractivity contribution in [2.75, 3.05) is 0 Å². The molecule has 0 aliphatic carbocycles. The molecule has 94 valence electrons. The average molecular weight is 235 g/mol. The predicted octanol–water partition coefficient (Wildman–Crippen LogP) is 2.41. The summed E-state index contributed by atoms with van der Waals surface area (Å²) in [4.78, 5) is 11.4. The van der Waals surface area contributed by atoms with Gasteiger partial charge in [0.05, 0.1) is 6.10 Å². The van der Waals surface area contributed by atoms with Gasteiger partial charge in [0.25, 0.3) is 0 Å². The minimum absolute atomic E-state index is 0.00995. The Morgan fingerprint density at radius 1 is 1.35 bits per heavy atom. The van der Waals surface area contributed by atoms with E-state index in [4.69, 9.17) is 0 Å². The smallest absolute Gasteiger partial charge is 0.220 e. The predicted molar refractivity (Wildman–Crippen MR) is 68.5 cm³/mol. The number of rotatable bonds is 6. The Morgan fingerprint density at radius 3 is 2.59 bits per heavy atom. The third-order valence-corrected chi connectivity index (χ3v) is 2.65. The van der Waals surface area contributed by atoms with Crippen LogP contribution in [0, 0.1) is 0 Å². The van der Waals surface area contributed by atoms with Crippen LogP contribution < -0.4 is 5.32 Å². The molecule has 1 amide bonds. The second kappa shape index (κ2) is 7.07. The van der Waals surface area contributed by atoms with E-state index in [1.54, 1.807) is 0 Å². The maximum absolute atomic E-state index is 11.4. The van der Waals surface area contributed by atoms with Crippen LogP contribution in [0.5, 0.6) is 0 Å². The molecule has 17 heavy (non-hydrogen) atoms. The fourth-order valence-corrected chi connectivity index (χ4v) is 1.78. The van der Waals surface area contributed by atoms with E-state index < -0.39 is 6.10 Å². The first-order valence-corrected chi connectivity index (χ1v) is 6.15. The lowest BCUT2D eigenvalue weighted by Gasteiger charge is -2.18. The molecule has 0 spiro atoms. The number of amides is 1. The van der Waals surface area contributed by atoms with Gasteiger partial charge in [-0.15, -0.1) is 0 Å². The van der Waals surface area contributed by atoms with Crippen molar-refractivity contribution in [2.45, 2.75) is 45.3 Å². The third-order valence-electron chi connectivity index (χ3n) is 2.65. The standard InChI is InChI=1S/C14H21NO2/c1-3-7-14(17)15-11(2)10-13(16)12-8-5-4-6-9-12/h4-6,8-9,11,13,16H,3,7,10H2,1-2H3,(H,15,17). The van der Waals surface area contributed by atoms with Crippen LogP contribution in [0.1, 0.15) is 44.8 Å². The Balaban J connectivity index is 2.41. The van der Waals surface area contributed by atoms with Gasteiger partial charge in [-0.25, -0.2) is 0 Å². The molecule has 0 fully saturated rings. The van der Waals surface area contributed by atoms with Crippen molar-refractivity contribution in [2.24, 2.45) is 0 Å². The number of aliphatic hydroxyl groups is 1. The molecule has 3 heteroatoms. The van der Waals surface area contributed by atoms with Gasteiger partial charge < -0.3 is 10.4 Å². The fourth-order valence-electron chi connectivity index (χ4n) is 1.78. The summed E-state index contributed by atoms with van der Waals surface area (Å²) >= 11 is 0. The number of carbonyl (C=O) groups is 1. The van der Waals surface area contributed by atoms with Gasteiger partial charge in [-0.05, 0) is 25.3 Å². The molecular formula is C14H21NO2. The number of hydrogen-bond acceptors (Lipinski definition) is 2. The molecule has 0 aliphatic heterocycles. The first kappa shape index (κ1) is 13.7. The Morgan fingerprint density at radius 2 is 2.00 bits per heavy atom. The fraction of sp³-hybridized carbons (Fsp3) is 0.500. The van der Waals surface area contributed by atoms with Crippen molar-refractivity contribution >= 4 is 5.91 Å². The lowest BCUT2D eigenvalue weighted by Crippen LogP contribution is -2.33. The van der Waals surface area contributed by atoms with Crippen molar-refractivity contribution in [1.82, 2.24) is 5.32 Å². The molecule has 1 aromatic rings. The van der Waals surface area contributed by atoms with Gasteiger partial charge in [0, 0.05) is 12.5 Å². The van der Waals surface area contributed by atoms with E-state index in [1.165, 1.54) is 0 Å². The van der Waals surface area contributed by atoms with E-state index in [2.05, 4.69) is 5.32 Å². The zero-order valence-corrected chi connectivity index (χ0v) is 10.5. The van der Waals surface area contributed by atoms with Gasteiger partial charge in [-0.2, -0.15) is 0 Å². The van der Waals surface area contributed by atoms with E-state index in [1.807, 2.05) is 44.2 Å². The van der Waals surface area contributed by atoms with Crippen molar-refractivity contribution in [1.29, 1.82) is 0 Å². The summed E-state index contributed by atoms with van der Waals surface area (Å²) in [6, 6.07) is 9.50. The molecule has 3 nitrogen and oxygen atoms in total. The van der Waals surface area contributed by atoms with Crippen LogP contribution in [0.25, 0.3) is 0 Å². The molecule has 0 bridgehead atoms. The SMILES string of the molecule is CCCC(=O)NC(C)CC(O)c1ccccc1. The summed E-state index contributed by atoms with van der Waals surface area (Å²) in [7, 11) is 0. The zero-order chi connectivity index (χ0) is 12.7. The van der Waals surface area contributed by atoms with Gasteiger partial charge in [0.15, 0.2) is 0 Å². The third kappa shape index (κ3) is 5.00. The van der Waals surface area contributed by atoms with Gasteiger partial charge in [0.1, 0.15) is 0 Å². The lowest BCUT2D eigenvalue weighted by atomic mass is 10.0. The van der Waals surface area contributed by atoms with Crippen molar-refractivity contribution in [3.05, 3.63) is 35.9 Å². The van der Waals surface area contributed by atoms with Gasteiger partial charge in [-0.3, -0.25) is 4.79 Å². The van der Waals surface area contributed by atoms with Gasteiger partial charge in [-0.1, -0.05) is 37.3 Å². The minimum atomic E-state index is -0.520. The van der Waals surface area contributed by atoms with Crippen LogP contribution in [-0.4, -0.2) is 17.1 Å². The molecule has 2 unspecified atom stereocenters. The highest BCUT2D eigenvalue weighted by Gasteiger charge is 2.13. The van der Waals surface area contributed by atoms with Crippen LogP contribution in [0.2, 0.25) is 0 Å². The molecule has 1 rings (SSSR count). The van der Waals surface area contributed by atoms with Crippen molar-refractivity contribution in [3.8, 4) is 0 Å². The Hall–Kier alpha value is -1.35. The van der Waals surface area contributed by atoms with Crippen molar-refractivity contribution in [3.63, 3.8) is 0 Å². The maximum atomic E-state index is 11.4. The molecule has 2 atom stereocenters. The summed E-state index contributed by atoms with van der Waals surface area (Å²) in [5.74, 6) is 0.0558. The normalized spacial score (nSPS) is 14.1. The first-order valence-electron chi connectivity index (χ1n) is 6.15. The van der Waals surface area contributed by atoms with Crippen LogP contribution in [0.15, 0.2) is 30.3 Å². The van der Waals surface area contributed by atoms with E-state index in [0.29, 0.717) is 12.8 Å². The summed E-state index contributed by atoms with van der Waals surface area (Å²) < 4.78 is 0. The molecule has 0 radical (unpaired) electrons. The monoisotopic (exact) mass is 235 g/mol. The molecule has 0 aliphatic rings.